The van der Waals surface area contributed by atoms with E-state index >= 15 is 0 Å². The maximum Gasteiger partial charge on any atom is 0.251 e. The zero-order valence-corrected chi connectivity index (χ0v) is 20.4. The van der Waals surface area contributed by atoms with Crippen LogP contribution in [0.15, 0.2) is 65.3 Å². The van der Waals surface area contributed by atoms with Gasteiger partial charge in [0.2, 0.25) is 0 Å². The van der Waals surface area contributed by atoms with Crippen LogP contribution < -0.4 is 10.2 Å². The highest BCUT2D eigenvalue weighted by Crippen LogP contribution is 2.31. The van der Waals surface area contributed by atoms with Crippen molar-refractivity contribution in [1.82, 2.24) is 15.3 Å². The van der Waals surface area contributed by atoms with E-state index in [0.717, 1.165) is 60.5 Å². The first-order valence-corrected chi connectivity index (χ1v) is 12.8. The zero-order valence-electron chi connectivity index (χ0n) is 20.4. The number of carbonyl (C=O) groups excluding carboxylic acids is 1. The number of allylic oxidation sites excluding steroid dienone is 1. The highest BCUT2D eigenvalue weighted by Gasteiger charge is 2.20. The molecule has 1 unspecified atom stereocenters. The summed E-state index contributed by atoms with van der Waals surface area (Å²) < 4.78 is 0. The average Bonchev–Trinajstić information content (AvgIpc) is 2.92. The van der Waals surface area contributed by atoms with E-state index in [2.05, 4.69) is 34.3 Å². The van der Waals surface area contributed by atoms with Crippen molar-refractivity contribution in [2.24, 2.45) is 10.9 Å². The van der Waals surface area contributed by atoms with Gasteiger partial charge in [0, 0.05) is 43.2 Å². The summed E-state index contributed by atoms with van der Waals surface area (Å²) in [6.45, 7) is 4.87. The first kappa shape index (κ1) is 23.2. The number of nitrogens with one attached hydrogen (secondary N) is 1. The van der Waals surface area contributed by atoms with E-state index < -0.39 is 0 Å². The topological polar surface area (TPSA) is 70.5 Å². The number of fused-ring (bicyclic) bond motifs is 1. The molecule has 0 spiro atoms. The fraction of sp³-hybridized carbons (Fsp3) is 0.379. The Morgan fingerprint density at radius 2 is 1.86 bits per heavy atom. The van der Waals surface area contributed by atoms with E-state index in [9.17, 15) is 4.79 Å². The van der Waals surface area contributed by atoms with Gasteiger partial charge in [-0.3, -0.25) is 9.79 Å². The molecule has 0 saturated carbocycles. The van der Waals surface area contributed by atoms with E-state index in [4.69, 9.17) is 9.97 Å². The Bertz CT molecular complexity index is 1240. The predicted octanol–water partition coefficient (Wildman–Crippen LogP) is 5.79. The molecule has 6 heteroatoms. The predicted molar refractivity (Wildman–Crippen MR) is 143 cm³/mol. The second-order valence-electron chi connectivity index (χ2n) is 9.54. The third kappa shape index (κ3) is 5.42. The maximum absolute atomic E-state index is 12.9. The SMILES string of the molecule is CC1CC=NC=C1CCCNC(=O)c1ccc2nc(N3CCCCC3)c(-c3ccccc3)nc2c1. The molecule has 3 heterocycles. The van der Waals surface area contributed by atoms with Gasteiger partial charge in [0.1, 0.15) is 5.69 Å². The Kier molecular flexibility index (Phi) is 7.17. The lowest BCUT2D eigenvalue weighted by Gasteiger charge is -2.29. The Hall–Kier alpha value is -3.54. The molecule has 2 aliphatic heterocycles. The van der Waals surface area contributed by atoms with Crippen molar-refractivity contribution >= 4 is 29.0 Å². The van der Waals surface area contributed by atoms with Crippen LogP contribution in [0.4, 0.5) is 5.82 Å². The molecular weight excluding hydrogens is 434 g/mol. The Morgan fingerprint density at radius 3 is 2.66 bits per heavy atom. The van der Waals surface area contributed by atoms with Gasteiger partial charge in [-0.25, -0.2) is 9.97 Å². The number of nitrogens with zero attached hydrogens (tertiary/aromatic N) is 4. The number of amides is 1. The summed E-state index contributed by atoms with van der Waals surface area (Å²) in [5, 5.41) is 3.07. The maximum atomic E-state index is 12.9. The largest absolute Gasteiger partial charge is 0.355 e. The minimum atomic E-state index is -0.0706. The van der Waals surface area contributed by atoms with Gasteiger partial charge in [0.15, 0.2) is 5.82 Å². The number of benzene rings is 2. The Morgan fingerprint density at radius 1 is 1.03 bits per heavy atom. The minimum absolute atomic E-state index is 0.0706. The third-order valence-corrected chi connectivity index (χ3v) is 6.98. The van der Waals surface area contributed by atoms with Crippen molar-refractivity contribution in [2.45, 2.75) is 45.4 Å². The summed E-state index contributed by atoms with van der Waals surface area (Å²) in [4.78, 5) is 29.5. The summed E-state index contributed by atoms with van der Waals surface area (Å²) >= 11 is 0. The molecule has 1 amide bonds. The molecule has 0 radical (unpaired) electrons. The van der Waals surface area contributed by atoms with Gasteiger partial charge in [-0.15, -0.1) is 0 Å². The van der Waals surface area contributed by atoms with Crippen molar-refractivity contribution in [3.05, 3.63) is 65.9 Å². The lowest BCUT2D eigenvalue weighted by molar-refractivity contribution is 0.0953. The van der Waals surface area contributed by atoms with Crippen LogP contribution in [-0.4, -0.2) is 41.7 Å². The van der Waals surface area contributed by atoms with Crippen molar-refractivity contribution in [3.8, 4) is 11.3 Å². The molecule has 1 atom stereocenters. The van der Waals surface area contributed by atoms with Crippen molar-refractivity contribution in [1.29, 1.82) is 0 Å². The monoisotopic (exact) mass is 467 g/mol. The molecule has 2 aliphatic rings. The molecule has 1 N–H and O–H groups in total. The number of anilines is 1. The number of rotatable bonds is 7. The van der Waals surface area contributed by atoms with Crippen LogP contribution in [0.5, 0.6) is 0 Å². The van der Waals surface area contributed by atoms with E-state index in [1.807, 2.05) is 48.8 Å². The molecule has 0 aliphatic carbocycles. The van der Waals surface area contributed by atoms with E-state index in [0.29, 0.717) is 18.0 Å². The van der Waals surface area contributed by atoms with Gasteiger partial charge in [-0.2, -0.15) is 0 Å². The Balaban J connectivity index is 1.34. The molecule has 35 heavy (non-hydrogen) atoms. The number of piperidine rings is 1. The molecule has 5 rings (SSSR count). The van der Waals surface area contributed by atoms with Crippen LogP contribution in [0.1, 0.15) is 55.8 Å². The van der Waals surface area contributed by atoms with Gasteiger partial charge in [0.25, 0.3) is 5.91 Å². The van der Waals surface area contributed by atoms with Crippen LogP contribution in [0.3, 0.4) is 0 Å². The number of hydrogen-bond acceptors (Lipinski definition) is 5. The molecule has 1 fully saturated rings. The van der Waals surface area contributed by atoms with Gasteiger partial charge >= 0.3 is 0 Å². The van der Waals surface area contributed by atoms with Crippen LogP contribution in [0, 0.1) is 5.92 Å². The lowest BCUT2D eigenvalue weighted by Crippen LogP contribution is -2.31. The highest BCUT2D eigenvalue weighted by molar-refractivity contribution is 5.98. The number of aliphatic imine (C=N–C) groups is 1. The lowest BCUT2D eigenvalue weighted by atomic mass is 9.94. The van der Waals surface area contributed by atoms with Crippen LogP contribution in [0.2, 0.25) is 0 Å². The first-order valence-electron chi connectivity index (χ1n) is 12.8. The third-order valence-electron chi connectivity index (χ3n) is 6.98. The van der Waals surface area contributed by atoms with E-state index in [1.165, 1.54) is 24.8 Å². The molecule has 6 nitrogen and oxygen atoms in total. The Labute approximate surface area is 207 Å². The fourth-order valence-corrected chi connectivity index (χ4v) is 4.86. The molecule has 3 aromatic rings. The number of aromatic nitrogens is 2. The second kappa shape index (κ2) is 10.8. The second-order valence-corrected chi connectivity index (χ2v) is 9.54. The zero-order chi connectivity index (χ0) is 24.0. The van der Waals surface area contributed by atoms with E-state index in [-0.39, 0.29) is 5.91 Å². The molecule has 0 bridgehead atoms. The molecule has 1 aromatic heterocycles. The summed E-state index contributed by atoms with van der Waals surface area (Å²) in [6, 6.07) is 15.9. The normalized spacial score (nSPS) is 17.9. The van der Waals surface area contributed by atoms with Gasteiger partial charge in [-0.1, -0.05) is 37.3 Å². The van der Waals surface area contributed by atoms with Crippen molar-refractivity contribution < 1.29 is 4.79 Å². The quantitative estimate of drug-likeness (QED) is 0.446. The first-order chi connectivity index (χ1) is 17.2. The van der Waals surface area contributed by atoms with Crippen LogP contribution in [-0.2, 0) is 0 Å². The smallest absolute Gasteiger partial charge is 0.251 e. The summed E-state index contributed by atoms with van der Waals surface area (Å²) in [6.07, 6.45) is 10.4. The number of hydrogen-bond donors (Lipinski definition) is 1. The minimum Gasteiger partial charge on any atom is -0.355 e. The van der Waals surface area contributed by atoms with Gasteiger partial charge in [-0.05, 0) is 68.2 Å². The molecule has 2 aromatic carbocycles. The van der Waals surface area contributed by atoms with Crippen molar-refractivity contribution in [3.63, 3.8) is 0 Å². The summed E-state index contributed by atoms with van der Waals surface area (Å²) in [5.74, 6) is 1.41. The van der Waals surface area contributed by atoms with Gasteiger partial charge in [0.05, 0.1) is 11.0 Å². The average molecular weight is 468 g/mol. The standard InChI is InChI=1S/C29H33N5O/c1-21-14-16-30-20-24(21)11-8-15-31-29(35)23-12-13-25-26(19-23)32-27(22-9-4-2-5-10-22)28(33-25)34-17-6-3-7-18-34/h2,4-5,9-10,12-13,16,19-21H,3,6-8,11,14-15,17-18H2,1H3,(H,31,35). The summed E-state index contributed by atoms with van der Waals surface area (Å²) in [5.41, 5.74) is 5.48. The van der Waals surface area contributed by atoms with E-state index in [1.54, 1.807) is 0 Å². The molecule has 1 saturated heterocycles. The van der Waals surface area contributed by atoms with Crippen molar-refractivity contribution in [2.75, 3.05) is 24.5 Å². The summed E-state index contributed by atoms with van der Waals surface area (Å²) in [7, 11) is 0. The van der Waals surface area contributed by atoms with Crippen LogP contribution >= 0.6 is 0 Å². The van der Waals surface area contributed by atoms with Crippen LogP contribution in [0.25, 0.3) is 22.3 Å². The highest BCUT2D eigenvalue weighted by atomic mass is 16.1. The molecular formula is C29H33N5O. The molecule has 180 valence electrons. The fourth-order valence-electron chi connectivity index (χ4n) is 4.86. The van der Waals surface area contributed by atoms with Gasteiger partial charge < -0.3 is 10.2 Å². The number of carbonyl (C=O) groups is 1.